The van der Waals surface area contributed by atoms with E-state index in [4.69, 9.17) is 5.73 Å². The highest BCUT2D eigenvalue weighted by Crippen LogP contribution is 2.19. The second-order valence-corrected chi connectivity index (χ2v) is 5.33. The molecule has 0 heterocycles. The van der Waals surface area contributed by atoms with E-state index in [1.807, 2.05) is 13.2 Å². The minimum absolute atomic E-state index is 0.0966. The smallest absolute Gasteiger partial charge is 0.252 e. The number of hydrogen-bond acceptors (Lipinski definition) is 3. The van der Waals surface area contributed by atoms with Crippen LogP contribution in [0, 0.1) is 0 Å². The molecule has 0 aromatic heterocycles. The lowest BCUT2D eigenvalue weighted by molar-refractivity contribution is 0.0943. The fourth-order valence-corrected chi connectivity index (χ4v) is 2.32. The number of nitrogens with two attached hydrogens (primary N) is 1. The first-order chi connectivity index (χ1) is 7.54. The number of rotatable bonds is 4. The number of benzene rings is 1. The molecule has 0 aliphatic rings. The van der Waals surface area contributed by atoms with Crippen LogP contribution in [0.5, 0.6) is 0 Å². The molecule has 0 aliphatic carbocycles. The van der Waals surface area contributed by atoms with Crippen molar-refractivity contribution in [1.29, 1.82) is 0 Å². The third-order valence-electron chi connectivity index (χ3n) is 2.03. The molecule has 5 heteroatoms. The molecule has 0 spiro atoms. The van der Waals surface area contributed by atoms with Crippen LogP contribution in [-0.4, -0.2) is 24.0 Å². The molecule has 3 N–H and O–H groups in total. The van der Waals surface area contributed by atoms with Crippen LogP contribution < -0.4 is 11.1 Å². The number of nitrogen functional groups attached to an aromatic ring is 1. The average molecular weight is 303 g/mol. The molecule has 88 valence electrons. The first kappa shape index (κ1) is 13.4. The summed E-state index contributed by atoms with van der Waals surface area (Å²) in [5.41, 5.74) is 6.82. The lowest BCUT2D eigenvalue weighted by atomic mass is 10.2. The molecule has 1 atom stereocenters. The SMILES string of the molecule is CSCC(C)NC(=O)c1cc(N)ccc1Br. The molecule has 0 aliphatic heterocycles. The summed E-state index contributed by atoms with van der Waals surface area (Å²) in [4.78, 5) is 11.9. The molecule has 0 fully saturated rings. The van der Waals surface area contributed by atoms with Crippen LogP contribution in [0.2, 0.25) is 0 Å². The number of carbonyl (C=O) groups is 1. The molecular weight excluding hydrogens is 288 g/mol. The van der Waals surface area contributed by atoms with Crippen molar-refractivity contribution in [3.05, 3.63) is 28.2 Å². The van der Waals surface area contributed by atoms with Crippen LogP contribution in [0.3, 0.4) is 0 Å². The van der Waals surface area contributed by atoms with Gasteiger partial charge in [-0.25, -0.2) is 0 Å². The number of halogens is 1. The van der Waals surface area contributed by atoms with Crippen LogP contribution in [-0.2, 0) is 0 Å². The largest absolute Gasteiger partial charge is 0.399 e. The maximum absolute atomic E-state index is 11.9. The van der Waals surface area contributed by atoms with Crippen LogP contribution in [0.4, 0.5) is 5.69 Å². The highest BCUT2D eigenvalue weighted by Gasteiger charge is 2.12. The zero-order chi connectivity index (χ0) is 12.1. The van der Waals surface area contributed by atoms with Gasteiger partial charge in [0.25, 0.3) is 5.91 Å². The van der Waals surface area contributed by atoms with Crippen molar-refractivity contribution in [3.8, 4) is 0 Å². The maximum atomic E-state index is 11.9. The van der Waals surface area contributed by atoms with Gasteiger partial charge in [0.05, 0.1) is 5.56 Å². The predicted octanol–water partition coefficient (Wildman–Crippen LogP) is 2.51. The second kappa shape index (κ2) is 6.15. The van der Waals surface area contributed by atoms with Crippen molar-refractivity contribution in [2.24, 2.45) is 0 Å². The highest BCUT2D eigenvalue weighted by atomic mass is 79.9. The Labute approximate surface area is 108 Å². The van der Waals surface area contributed by atoms with Crippen molar-refractivity contribution in [3.63, 3.8) is 0 Å². The van der Waals surface area contributed by atoms with Crippen molar-refractivity contribution < 1.29 is 4.79 Å². The Bertz CT molecular complexity index is 384. The third kappa shape index (κ3) is 3.72. The minimum atomic E-state index is -0.0966. The van der Waals surface area contributed by atoms with Gasteiger partial charge < -0.3 is 11.1 Å². The molecule has 1 aromatic rings. The summed E-state index contributed by atoms with van der Waals surface area (Å²) in [5.74, 6) is 0.798. The molecule has 1 amide bonds. The van der Waals surface area contributed by atoms with Crippen molar-refractivity contribution in [2.45, 2.75) is 13.0 Å². The molecule has 1 aromatic carbocycles. The van der Waals surface area contributed by atoms with Crippen LogP contribution in [0.1, 0.15) is 17.3 Å². The standard InChI is InChI=1S/C11H15BrN2OS/c1-7(6-16-2)14-11(15)9-5-8(13)3-4-10(9)12/h3-5,7H,6,13H2,1-2H3,(H,14,15). The van der Waals surface area contributed by atoms with Gasteiger partial charge in [-0.15, -0.1) is 0 Å². The van der Waals surface area contributed by atoms with Gasteiger partial charge in [0.1, 0.15) is 0 Å². The van der Waals surface area contributed by atoms with Gasteiger partial charge in [0.2, 0.25) is 0 Å². The number of amides is 1. The first-order valence-electron chi connectivity index (χ1n) is 4.89. The number of anilines is 1. The lowest BCUT2D eigenvalue weighted by Crippen LogP contribution is -2.34. The normalized spacial score (nSPS) is 12.2. The van der Waals surface area contributed by atoms with E-state index in [1.165, 1.54) is 0 Å². The van der Waals surface area contributed by atoms with E-state index in [9.17, 15) is 4.79 Å². The molecule has 1 unspecified atom stereocenters. The average Bonchev–Trinajstić information content (AvgIpc) is 2.21. The van der Waals surface area contributed by atoms with E-state index in [1.54, 1.807) is 30.0 Å². The monoisotopic (exact) mass is 302 g/mol. The van der Waals surface area contributed by atoms with Gasteiger partial charge in [-0.2, -0.15) is 11.8 Å². The fraction of sp³-hybridized carbons (Fsp3) is 0.364. The zero-order valence-electron chi connectivity index (χ0n) is 9.29. The summed E-state index contributed by atoms with van der Waals surface area (Å²) in [6.07, 6.45) is 2.01. The quantitative estimate of drug-likeness (QED) is 0.840. The van der Waals surface area contributed by atoms with Gasteiger partial charge in [-0.1, -0.05) is 0 Å². The van der Waals surface area contributed by atoms with Crippen molar-refractivity contribution >= 4 is 39.3 Å². The van der Waals surface area contributed by atoms with E-state index in [2.05, 4.69) is 21.2 Å². The summed E-state index contributed by atoms with van der Waals surface area (Å²) < 4.78 is 0.760. The Kier molecular flexibility index (Phi) is 5.15. The van der Waals surface area contributed by atoms with Gasteiger partial charge in [-0.05, 0) is 47.3 Å². The van der Waals surface area contributed by atoms with Crippen LogP contribution in [0.15, 0.2) is 22.7 Å². The molecule has 0 saturated carbocycles. The second-order valence-electron chi connectivity index (χ2n) is 3.57. The minimum Gasteiger partial charge on any atom is -0.399 e. The van der Waals surface area contributed by atoms with E-state index in [0.29, 0.717) is 11.3 Å². The van der Waals surface area contributed by atoms with E-state index in [0.717, 1.165) is 10.2 Å². The molecule has 0 saturated heterocycles. The van der Waals surface area contributed by atoms with Crippen molar-refractivity contribution in [1.82, 2.24) is 5.32 Å². The molecule has 3 nitrogen and oxygen atoms in total. The molecule has 0 radical (unpaired) electrons. The number of thioether (sulfide) groups is 1. The first-order valence-corrected chi connectivity index (χ1v) is 7.08. The summed E-state index contributed by atoms with van der Waals surface area (Å²) in [7, 11) is 0. The summed E-state index contributed by atoms with van der Waals surface area (Å²) >= 11 is 5.04. The molecular formula is C11H15BrN2OS. The van der Waals surface area contributed by atoms with Gasteiger partial charge in [0.15, 0.2) is 0 Å². The van der Waals surface area contributed by atoms with Gasteiger partial charge >= 0.3 is 0 Å². The number of hydrogen-bond donors (Lipinski definition) is 2. The Morgan fingerprint density at radius 3 is 2.94 bits per heavy atom. The molecule has 1 rings (SSSR count). The maximum Gasteiger partial charge on any atom is 0.252 e. The van der Waals surface area contributed by atoms with Gasteiger partial charge in [-0.3, -0.25) is 4.79 Å². The third-order valence-corrected chi connectivity index (χ3v) is 3.55. The van der Waals surface area contributed by atoms with E-state index >= 15 is 0 Å². The number of carbonyl (C=O) groups excluding carboxylic acids is 1. The Morgan fingerprint density at radius 1 is 1.62 bits per heavy atom. The predicted molar refractivity (Wildman–Crippen MR) is 73.9 cm³/mol. The Balaban J connectivity index is 2.76. The molecule has 16 heavy (non-hydrogen) atoms. The molecule has 0 bridgehead atoms. The summed E-state index contributed by atoms with van der Waals surface area (Å²) in [6, 6.07) is 5.36. The van der Waals surface area contributed by atoms with Crippen LogP contribution >= 0.6 is 27.7 Å². The topological polar surface area (TPSA) is 55.1 Å². The summed E-state index contributed by atoms with van der Waals surface area (Å²) in [5, 5.41) is 2.92. The number of nitrogens with one attached hydrogen (secondary N) is 1. The van der Waals surface area contributed by atoms with Crippen molar-refractivity contribution in [2.75, 3.05) is 17.7 Å². The fourth-order valence-electron chi connectivity index (χ4n) is 1.31. The van der Waals surface area contributed by atoms with E-state index < -0.39 is 0 Å². The lowest BCUT2D eigenvalue weighted by Gasteiger charge is -2.13. The highest BCUT2D eigenvalue weighted by molar-refractivity contribution is 9.10. The summed E-state index contributed by atoms with van der Waals surface area (Å²) in [6.45, 7) is 1.98. The Hall–Kier alpha value is -0.680. The van der Waals surface area contributed by atoms with Gasteiger partial charge in [0, 0.05) is 22.0 Å². The van der Waals surface area contributed by atoms with E-state index in [-0.39, 0.29) is 11.9 Å². The van der Waals surface area contributed by atoms with Crippen LogP contribution in [0.25, 0.3) is 0 Å². The zero-order valence-corrected chi connectivity index (χ0v) is 11.7. The Morgan fingerprint density at radius 2 is 2.31 bits per heavy atom.